The summed E-state index contributed by atoms with van der Waals surface area (Å²) in [7, 11) is -3.87. The van der Waals surface area contributed by atoms with E-state index in [0.717, 1.165) is 12.8 Å². The molecule has 1 atom stereocenters. The summed E-state index contributed by atoms with van der Waals surface area (Å²) in [5.74, 6) is -1.12. The largest absolute Gasteiger partial charge is 0.460 e. The molecule has 0 radical (unpaired) electrons. The summed E-state index contributed by atoms with van der Waals surface area (Å²) in [5.41, 5.74) is 1.23. The Kier molecular flexibility index (Phi) is 8.09. The molecule has 1 N–H and O–H groups in total. The molecule has 9 heteroatoms. The molecule has 3 rings (SSSR count). The van der Waals surface area contributed by atoms with Crippen LogP contribution in [0.2, 0.25) is 0 Å². The van der Waals surface area contributed by atoms with Crippen LogP contribution >= 0.6 is 0 Å². The molecule has 1 saturated heterocycles. The summed E-state index contributed by atoms with van der Waals surface area (Å²) in [6.45, 7) is 4.24. The molecule has 174 valence electrons. The Labute approximate surface area is 189 Å². The number of amides is 1. The number of nitrogens with one attached hydrogen (secondary N) is 1. The summed E-state index contributed by atoms with van der Waals surface area (Å²) < 4.78 is 37.0. The number of benzene rings is 1. The molecule has 1 fully saturated rings. The van der Waals surface area contributed by atoms with Gasteiger partial charge in [-0.15, -0.1) is 0 Å². The van der Waals surface area contributed by atoms with Gasteiger partial charge < -0.3 is 14.5 Å². The molecular formula is C23H30N2O6S. The van der Waals surface area contributed by atoms with E-state index in [9.17, 15) is 18.0 Å². The fourth-order valence-electron chi connectivity index (χ4n) is 3.72. The van der Waals surface area contributed by atoms with E-state index in [0.29, 0.717) is 12.8 Å². The van der Waals surface area contributed by atoms with Crippen molar-refractivity contribution in [1.29, 1.82) is 0 Å². The normalized spacial score (nSPS) is 16.4. The lowest BCUT2D eigenvalue weighted by molar-refractivity contribution is -0.126. The van der Waals surface area contributed by atoms with Crippen LogP contribution in [0.25, 0.3) is 0 Å². The van der Waals surface area contributed by atoms with Gasteiger partial charge in [0, 0.05) is 25.0 Å². The van der Waals surface area contributed by atoms with Gasteiger partial charge in [-0.1, -0.05) is 30.3 Å². The number of hydrogen-bond acceptors (Lipinski definition) is 6. The van der Waals surface area contributed by atoms with E-state index in [1.54, 1.807) is 6.92 Å². The van der Waals surface area contributed by atoms with Crippen LogP contribution in [0.3, 0.4) is 0 Å². The number of hydrogen-bond donors (Lipinski definition) is 1. The highest BCUT2D eigenvalue weighted by atomic mass is 32.2. The predicted molar refractivity (Wildman–Crippen MR) is 119 cm³/mol. The number of sulfonamides is 1. The minimum Gasteiger partial charge on any atom is -0.460 e. The molecular weight excluding hydrogens is 432 g/mol. The molecule has 1 aliphatic rings. The van der Waals surface area contributed by atoms with Gasteiger partial charge in [-0.25, -0.2) is 13.2 Å². The highest BCUT2D eigenvalue weighted by Crippen LogP contribution is 2.25. The lowest BCUT2D eigenvalue weighted by atomic mass is 9.96. The van der Waals surface area contributed by atoms with E-state index in [1.807, 2.05) is 25.1 Å². The molecule has 1 aromatic heterocycles. The number of aryl methyl sites for hydroxylation is 1. The van der Waals surface area contributed by atoms with E-state index in [2.05, 4.69) is 17.4 Å². The SMILES string of the molecule is CCOC(=O)c1ccc(S(=O)(=O)N2CCC(C(=O)N[C@@H](C)CCc3ccccc3)CC2)o1. The van der Waals surface area contributed by atoms with Crippen molar-refractivity contribution in [2.75, 3.05) is 19.7 Å². The van der Waals surface area contributed by atoms with Crippen LogP contribution in [-0.4, -0.2) is 50.3 Å². The van der Waals surface area contributed by atoms with Crippen molar-refractivity contribution in [1.82, 2.24) is 9.62 Å². The van der Waals surface area contributed by atoms with Gasteiger partial charge in [-0.2, -0.15) is 4.31 Å². The zero-order valence-corrected chi connectivity index (χ0v) is 19.3. The van der Waals surface area contributed by atoms with Crippen molar-refractivity contribution in [3.05, 3.63) is 53.8 Å². The van der Waals surface area contributed by atoms with Crippen LogP contribution in [0.15, 0.2) is 52.0 Å². The number of esters is 1. The molecule has 0 unspecified atom stereocenters. The number of rotatable bonds is 9. The van der Waals surface area contributed by atoms with Crippen LogP contribution in [0.1, 0.15) is 49.2 Å². The van der Waals surface area contributed by atoms with Gasteiger partial charge in [-0.3, -0.25) is 4.79 Å². The number of carbonyl (C=O) groups is 2. The fourth-order valence-corrected chi connectivity index (χ4v) is 5.10. The van der Waals surface area contributed by atoms with Gasteiger partial charge >= 0.3 is 5.97 Å². The first-order valence-electron chi connectivity index (χ1n) is 10.9. The number of piperidine rings is 1. The standard InChI is InChI=1S/C23H30N2O6S/c1-3-30-23(27)20-11-12-21(31-20)32(28,29)25-15-13-19(14-16-25)22(26)24-17(2)9-10-18-7-5-4-6-8-18/h4-8,11-12,17,19H,3,9-10,13-16H2,1-2H3,(H,24,26)/t17-/m0/s1. The molecule has 2 aromatic rings. The van der Waals surface area contributed by atoms with Crippen molar-refractivity contribution in [3.8, 4) is 0 Å². The summed E-state index contributed by atoms with van der Waals surface area (Å²) in [4.78, 5) is 24.4. The highest BCUT2D eigenvalue weighted by Gasteiger charge is 2.34. The maximum atomic E-state index is 12.8. The molecule has 0 spiro atoms. The van der Waals surface area contributed by atoms with Crippen LogP contribution < -0.4 is 5.32 Å². The Morgan fingerprint density at radius 3 is 2.50 bits per heavy atom. The highest BCUT2D eigenvalue weighted by molar-refractivity contribution is 7.89. The third-order valence-electron chi connectivity index (χ3n) is 5.57. The van der Waals surface area contributed by atoms with Crippen molar-refractivity contribution in [3.63, 3.8) is 0 Å². The van der Waals surface area contributed by atoms with Crippen molar-refractivity contribution >= 4 is 21.9 Å². The lowest BCUT2D eigenvalue weighted by Gasteiger charge is -2.30. The number of carbonyl (C=O) groups excluding carboxylic acids is 2. The third-order valence-corrected chi connectivity index (χ3v) is 7.35. The second-order valence-corrected chi connectivity index (χ2v) is 9.82. The Morgan fingerprint density at radius 2 is 1.84 bits per heavy atom. The summed E-state index contributed by atoms with van der Waals surface area (Å²) >= 11 is 0. The smallest absolute Gasteiger partial charge is 0.374 e. The minimum atomic E-state index is -3.87. The van der Waals surface area contributed by atoms with E-state index < -0.39 is 16.0 Å². The average molecular weight is 463 g/mol. The Hall–Kier alpha value is -2.65. The Bertz CT molecular complexity index is 1010. The van der Waals surface area contributed by atoms with E-state index >= 15 is 0 Å². The molecule has 1 aliphatic heterocycles. The van der Waals surface area contributed by atoms with Gasteiger partial charge in [-0.05, 0) is 57.2 Å². The van der Waals surface area contributed by atoms with Crippen LogP contribution in [-0.2, 0) is 26.0 Å². The first kappa shape index (κ1) is 24.0. The summed E-state index contributed by atoms with van der Waals surface area (Å²) in [6.07, 6.45) is 2.59. The summed E-state index contributed by atoms with van der Waals surface area (Å²) in [6, 6.07) is 12.7. The monoisotopic (exact) mass is 462 g/mol. The second-order valence-electron chi connectivity index (χ2n) is 7.95. The fraction of sp³-hybridized carbons (Fsp3) is 0.478. The van der Waals surface area contributed by atoms with E-state index in [-0.39, 0.29) is 48.4 Å². The molecule has 2 heterocycles. The maximum Gasteiger partial charge on any atom is 0.374 e. The maximum absolute atomic E-state index is 12.8. The lowest BCUT2D eigenvalue weighted by Crippen LogP contribution is -2.44. The topological polar surface area (TPSA) is 106 Å². The van der Waals surface area contributed by atoms with Gasteiger partial charge in [0.25, 0.3) is 10.0 Å². The van der Waals surface area contributed by atoms with Crippen LogP contribution in [0, 0.1) is 5.92 Å². The number of furan rings is 1. The first-order valence-corrected chi connectivity index (χ1v) is 12.4. The molecule has 0 aliphatic carbocycles. The number of ether oxygens (including phenoxy) is 1. The quantitative estimate of drug-likeness (QED) is 0.574. The molecule has 1 aromatic carbocycles. The minimum absolute atomic E-state index is 0.0360. The molecule has 1 amide bonds. The van der Waals surface area contributed by atoms with Crippen molar-refractivity contribution in [2.45, 2.75) is 50.7 Å². The van der Waals surface area contributed by atoms with E-state index in [1.165, 1.54) is 22.0 Å². The molecule has 32 heavy (non-hydrogen) atoms. The van der Waals surface area contributed by atoms with Gasteiger partial charge in [0.15, 0.2) is 0 Å². The molecule has 0 bridgehead atoms. The van der Waals surface area contributed by atoms with E-state index in [4.69, 9.17) is 9.15 Å². The Morgan fingerprint density at radius 1 is 1.16 bits per heavy atom. The van der Waals surface area contributed by atoms with Crippen molar-refractivity contribution < 1.29 is 27.2 Å². The predicted octanol–water partition coefficient (Wildman–Crippen LogP) is 2.99. The zero-order chi connectivity index (χ0) is 23.1. The van der Waals surface area contributed by atoms with Gasteiger partial charge in [0.1, 0.15) is 0 Å². The number of nitrogens with zero attached hydrogens (tertiary/aromatic N) is 1. The first-order chi connectivity index (χ1) is 15.3. The summed E-state index contributed by atoms with van der Waals surface area (Å²) in [5, 5.41) is 2.76. The Balaban J connectivity index is 1.49. The van der Waals surface area contributed by atoms with Crippen molar-refractivity contribution in [2.24, 2.45) is 5.92 Å². The van der Waals surface area contributed by atoms with Gasteiger partial charge in [0.2, 0.25) is 16.8 Å². The average Bonchev–Trinajstić information content (AvgIpc) is 3.30. The van der Waals surface area contributed by atoms with Crippen LogP contribution in [0.4, 0.5) is 0 Å². The van der Waals surface area contributed by atoms with Gasteiger partial charge in [0.05, 0.1) is 6.61 Å². The van der Waals surface area contributed by atoms with Crippen LogP contribution in [0.5, 0.6) is 0 Å². The molecule has 0 saturated carbocycles. The zero-order valence-electron chi connectivity index (χ0n) is 18.5. The molecule has 8 nitrogen and oxygen atoms in total. The second kappa shape index (κ2) is 10.8. The third kappa shape index (κ3) is 5.98.